The van der Waals surface area contributed by atoms with Crippen molar-refractivity contribution in [2.75, 3.05) is 112 Å². The van der Waals surface area contributed by atoms with Gasteiger partial charge in [-0.15, -0.1) is 20.4 Å². The van der Waals surface area contributed by atoms with Crippen LogP contribution in [-0.2, 0) is 34.3 Å². The van der Waals surface area contributed by atoms with Crippen molar-refractivity contribution < 1.29 is 104 Å². The van der Waals surface area contributed by atoms with Gasteiger partial charge in [-0.25, -0.2) is 0 Å². The third kappa shape index (κ3) is 21.1. The molecular weight excluding hydrogens is 1160 g/mol. The number of aromatic nitrogens is 4. The fraction of sp³-hybridized carbons (Fsp3) is 0.583. The topological polar surface area (TPSA) is 213 Å². The number of hydrogen-bond acceptors (Lipinski definition) is 17. The summed E-state index contributed by atoms with van der Waals surface area (Å²) in [5.74, 6) is -1.04. The van der Waals surface area contributed by atoms with Crippen molar-refractivity contribution in [3.05, 3.63) is 68.7 Å². The zero-order chi connectivity index (χ0) is 57.5. The van der Waals surface area contributed by atoms with Gasteiger partial charge in [0, 0.05) is 114 Å². The summed E-state index contributed by atoms with van der Waals surface area (Å²) in [6.45, 7) is 9.11. The summed E-state index contributed by atoms with van der Waals surface area (Å²) in [7, 11) is 0. The van der Waals surface area contributed by atoms with Crippen LogP contribution in [0.1, 0.15) is 83.6 Å². The monoisotopic (exact) mass is 1210 g/mol. The second kappa shape index (κ2) is 30.8. The number of rotatable bonds is 14. The predicted molar refractivity (Wildman–Crippen MR) is 264 cm³/mol. The van der Waals surface area contributed by atoms with Gasteiger partial charge in [0.25, 0.3) is 0 Å². The molecule has 33 heteroatoms. The summed E-state index contributed by atoms with van der Waals surface area (Å²) >= 11 is 1.08. The second-order valence-electron chi connectivity index (χ2n) is 18.8. The Labute approximate surface area is 484 Å². The quantitative estimate of drug-likeness (QED) is 0.115. The minimum Gasteiger partial charge on any atom is -1.00 e. The maximum atomic E-state index is 13.2. The second-order valence-corrected chi connectivity index (χ2v) is 20.7. The first kappa shape index (κ1) is 68.1. The van der Waals surface area contributed by atoms with Gasteiger partial charge < -0.3 is 53.0 Å². The van der Waals surface area contributed by atoms with Gasteiger partial charge in [0.1, 0.15) is 0 Å². The molecule has 0 saturated carbocycles. The molecule has 440 valence electrons. The molecule has 0 bridgehead atoms. The normalized spacial score (nSPS) is 17.0. The van der Waals surface area contributed by atoms with Gasteiger partial charge in [-0.3, -0.25) is 14.6 Å². The van der Waals surface area contributed by atoms with E-state index in [4.69, 9.17) is 10.5 Å². The van der Waals surface area contributed by atoms with Gasteiger partial charge in [-0.2, -0.15) is 63.2 Å². The van der Waals surface area contributed by atoms with E-state index in [0.29, 0.717) is 139 Å². The smallest absolute Gasteiger partial charge is 1.00 e. The van der Waals surface area contributed by atoms with E-state index in [0.717, 1.165) is 44.1 Å². The summed E-state index contributed by atoms with van der Waals surface area (Å²) in [5, 5.41) is 48.7. The number of carboxylic acids is 1. The molecule has 2 aromatic carbocycles. The Balaban J connectivity index is 0.000000284. The first-order chi connectivity index (χ1) is 37.3. The molecule has 0 radical (unpaired) electrons. The SMILES string of the molecule is N#Cc1ccc(NC2CCN(C(=O)CCCN3CCN(c4nnc(C(F)(F)F)s4)CC3)CC2)cc1C(F)(F)F.N#Cc1ccc(NC2CC[NH2+]CC2)cc1C(F)(F)F.O=C([O-])CCCN1CCN(c2nnc(C(F)(F)F)s2)CC1.[Cl-].[Li+]. The Morgan fingerprint density at radius 3 is 1.35 bits per heavy atom. The Hall–Kier alpha value is -5.39. The van der Waals surface area contributed by atoms with E-state index >= 15 is 0 Å². The Kier molecular flexibility index (Phi) is 25.9. The van der Waals surface area contributed by atoms with Gasteiger partial charge >= 0.3 is 43.6 Å². The van der Waals surface area contributed by atoms with Gasteiger partial charge in [-0.05, 0) is 81.6 Å². The van der Waals surface area contributed by atoms with Crippen LogP contribution in [-0.4, -0.2) is 151 Å². The third-order valence-electron chi connectivity index (χ3n) is 13.2. The van der Waals surface area contributed by atoms with Crippen LogP contribution in [0.2, 0.25) is 0 Å². The molecule has 81 heavy (non-hydrogen) atoms. The van der Waals surface area contributed by atoms with Crippen molar-refractivity contribution in [1.29, 1.82) is 10.5 Å². The number of quaternary nitrogens is 1. The molecule has 4 aliphatic rings. The molecule has 0 unspecified atom stereocenters. The van der Waals surface area contributed by atoms with Gasteiger partial charge in [0.05, 0.1) is 47.5 Å². The molecule has 1 amide bonds. The van der Waals surface area contributed by atoms with E-state index in [-0.39, 0.29) is 77.2 Å². The zero-order valence-electron chi connectivity index (χ0n) is 43.6. The summed E-state index contributed by atoms with van der Waals surface area (Å²) in [4.78, 5) is 32.5. The van der Waals surface area contributed by atoms with Crippen LogP contribution in [0.3, 0.4) is 0 Å². The molecule has 0 atom stereocenters. The Morgan fingerprint density at radius 2 is 0.988 bits per heavy atom. The maximum absolute atomic E-state index is 13.2. The molecule has 4 aliphatic heterocycles. The van der Waals surface area contributed by atoms with Gasteiger partial charge in [0.2, 0.25) is 26.2 Å². The van der Waals surface area contributed by atoms with Crippen molar-refractivity contribution in [2.24, 2.45) is 0 Å². The van der Waals surface area contributed by atoms with E-state index < -0.39 is 57.4 Å². The predicted octanol–water partition coefficient (Wildman–Crippen LogP) is 0.384. The minimum atomic E-state index is -4.62. The summed E-state index contributed by atoms with van der Waals surface area (Å²) in [6.07, 6.45) is -13.5. The fourth-order valence-corrected chi connectivity index (χ4v) is 10.6. The number of piperazine rings is 2. The fourth-order valence-electron chi connectivity index (χ4n) is 9.05. The third-order valence-corrected chi connectivity index (χ3v) is 15.3. The van der Waals surface area contributed by atoms with Crippen molar-refractivity contribution in [3.63, 3.8) is 0 Å². The molecule has 2 aromatic heterocycles. The van der Waals surface area contributed by atoms with E-state index in [1.807, 2.05) is 0 Å². The molecular formula is C48H56ClF12LiN14O3S2. The number of nitrogens with one attached hydrogen (secondary N) is 2. The average Bonchev–Trinajstić information content (AvgIpc) is 4.15. The molecule has 0 aliphatic carbocycles. The summed E-state index contributed by atoms with van der Waals surface area (Å²) in [6, 6.07) is 10.6. The molecule has 4 N–H and O–H groups in total. The van der Waals surface area contributed by atoms with Crippen LogP contribution in [0.4, 0.5) is 74.3 Å². The number of carbonyl (C=O) groups is 2. The van der Waals surface area contributed by atoms with E-state index in [1.54, 1.807) is 26.8 Å². The van der Waals surface area contributed by atoms with Crippen molar-refractivity contribution >= 4 is 56.2 Å². The van der Waals surface area contributed by atoms with Crippen molar-refractivity contribution in [2.45, 2.75) is 88.2 Å². The molecule has 4 saturated heterocycles. The number of carboxylic acid groups (broad SMARTS) is 1. The number of benzene rings is 2. The number of anilines is 4. The number of aliphatic carboxylic acids is 1. The van der Waals surface area contributed by atoms with Crippen LogP contribution in [0.15, 0.2) is 36.4 Å². The summed E-state index contributed by atoms with van der Waals surface area (Å²) in [5.41, 5.74) is -1.89. The molecule has 8 rings (SSSR count). The first-order valence-corrected chi connectivity index (χ1v) is 26.7. The van der Waals surface area contributed by atoms with E-state index in [9.17, 15) is 67.4 Å². The standard InChI is InChI=1S/C24H27F6N7OS.C13H14F3N3.C11H15F3N4O2S.ClH.Li/c25-23(26,27)19-14-18(4-3-16(19)15-31)32-17-5-8-36(9-6-17)20(38)2-1-7-35-10-12-37(13-11-35)22-34-33-21(39-22)24(28,29)30;14-13(15,16)12-7-11(2-1-9(12)8-17)19-10-3-5-18-6-4-10;12-11(13,14)9-15-16-10(21-9)18-6-4-17(5-7-18)3-1-2-8(19)20;;/h3-4,14,17,32H,1-2,5-13H2;1-2,7,10,18-19H,3-6H2;1-7H2,(H,19,20);1H;/q;;;;+1/p-1. The van der Waals surface area contributed by atoms with Crippen molar-refractivity contribution in [1.82, 2.24) is 35.1 Å². The number of carbonyl (C=O) groups excluding carboxylic acids is 2. The van der Waals surface area contributed by atoms with Crippen LogP contribution >= 0.6 is 22.7 Å². The first-order valence-electron chi connectivity index (χ1n) is 25.1. The Morgan fingerprint density at radius 1 is 0.593 bits per heavy atom. The van der Waals surface area contributed by atoms with Crippen LogP contribution in [0, 0.1) is 22.7 Å². The van der Waals surface area contributed by atoms with Crippen LogP contribution in [0.25, 0.3) is 0 Å². The maximum Gasteiger partial charge on any atom is 1.00 e. The van der Waals surface area contributed by atoms with Gasteiger partial charge in [-0.1, -0.05) is 22.7 Å². The molecule has 4 fully saturated rings. The average molecular weight is 1210 g/mol. The number of halogens is 13. The number of piperidine rings is 2. The van der Waals surface area contributed by atoms with Crippen molar-refractivity contribution in [3.8, 4) is 12.1 Å². The molecule has 4 aromatic rings. The molecule has 6 heterocycles. The number of likely N-dealkylation sites (tertiary alicyclic amines) is 1. The number of nitrogens with zero attached hydrogens (tertiary/aromatic N) is 11. The zero-order valence-corrected chi connectivity index (χ0v) is 46.0. The van der Waals surface area contributed by atoms with E-state index in [1.165, 1.54) is 18.2 Å². The number of hydrogen-bond donors (Lipinski definition) is 3. The number of amides is 1. The van der Waals surface area contributed by atoms with Gasteiger partial charge in [0.15, 0.2) is 0 Å². The number of nitriles is 2. The van der Waals surface area contributed by atoms with E-state index in [2.05, 4.69) is 46.1 Å². The molecule has 0 spiro atoms. The minimum absolute atomic E-state index is 0. The Bertz CT molecular complexity index is 2710. The number of alkyl halides is 12. The summed E-state index contributed by atoms with van der Waals surface area (Å²) < 4.78 is 154. The van der Waals surface area contributed by atoms with Crippen LogP contribution in [0.5, 0.6) is 0 Å². The largest absolute Gasteiger partial charge is 1.00 e. The number of nitrogens with two attached hydrogens (primary N) is 1. The molecule has 17 nitrogen and oxygen atoms in total. The van der Waals surface area contributed by atoms with Crippen LogP contribution < -0.4 is 62.1 Å².